The van der Waals surface area contributed by atoms with Gasteiger partial charge in [0.05, 0.1) is 13.2 Å². The zero-order valence-corrected chi connectivity index (χ0v) is 6.18. The molecule has 0 aliphatic rings. The van der Waals surface area contributed by atoms with Gasteiger partial charge in [-0.1, -0.05) is 0 Å². The molecule has 0 aliphatic heterocycles. The van der Waals surface area contributed by atoms with Crippen LogP contribution in [0.25, 0.3) is 0 Å². The zero-order chi connectivity index (χ0) is 7.11. The molecule has 0 aromatic rings. The highest BCUT2D eigenvalue weighted by atomic mass is 16.5. The first-order valence-corrected chi connectivity index (χ1v) is 3.25. The van der Waals surface area contributed by atoms with Gasteiger partial charge in [-0.15, -0.1) is 0 Å². The maximum absolute atomic E-state index is 5.43. The molecule has 0 saturated carbocycles. The van der Waals surface area contributed by atoms with Crippen LogP contribution in [-0.4, -0.2) is 32.8 Å². The summed E-state index contributed by atoms with van der Waals surface area (Å²) in [5.74, 6) is 0. The van der Waals surface area contributed by atoms with Crippen molar-refractivity contribution in [2.24, 2.45) is 5.73 Å². The molecule has 1 atom stereocenters. The number of hydrogen-bond acceptors (Lipinski definition) is 3. The lowest BCUT2D eigenvalue weighted by Gasteiger charge is -2.05. The normalized spacial score (nSPS) is 13.7. The average Bonchev–Trinajstić information content (AvgIpc) is 1.80. The van der Waals surface area contributed by atoms with Crippen molar-refractivity contribution < 1.29 is 4.74 Å². The topological polar surface area (TPSA) is 47.3 Å². The second-order valence-corrected chi connectivity index (χ2v) is 2.16. The third-order valence-electron chi connectivity index (χ3n) is 0.877. The number of nitrogens with one attached hydrogen (secondary N) is 1. The molecule has 0 saturated heterocycles. The van der Waals surface area contributed by atoms with E-state index < -0.39 is 0 Å². The lowest BCUT2D eigenvalue weighted by atomic mass is 10.4. The number of likely N-dealkylation sites (N-methyl/N-ethyl adjacent to an activating group) is 1. The molecule has 0 amide bonds. The summed E-state index contributed by atoms with van der Waals surface area (Å²) in [6, 6.07) is 0.154. The van der Waals surface area contributed by atoms with Crippen LogP contribution in [0.1, 0.15) is 6.92 Å². The molecule has 0 rings (SSSR count). The quantitative estimate of drug-likeness (QED) is 0.499. The summed E-state index contributed by atoms with van der Waals surface area (Å²) in [6.45, 7) is 4.23. The summed E-state index contributed by atoms with van der Waals surface area (Å²) in [7, 11) is 1.90. The second kappa shape index (κ2) is 6.01. The lowest BCUT2D eigenvalue weighted by Crippen LogP contribution is -2.24. The van der Waals surface area contributed by atoms with E-state index in [2.05, 4.69) is 5.32 Å². The Kier molecular flexibility index (Phi) is 5.93. The molecule has 9 heavy (non-hydrogen) atoms. The van der Waals surface area contributed by atoms with Crippen LogP contribution in [0.15, 0.2) is 0 Å². The Bertz CT molecular complexity index is 57.0. The summed E-state index contributed by atoms with van der Waals surface area (Å²) in [5.41, 5.74) is 5.43. The Morgan fingerprint density at radius 2 is 2.33 bits per heavy atom. The summed E-state index contributed by atoms with van der Waals surface area (Å²) in [5, 5.41) is 2.98. The van der Waals surface area contributed by atoms with E-state index in [1.807, 2.05) is 14.0 Å². The second-order valence-electron chi connectivity index (χ2n) is 2.16. The van der Waals surface area contributed by atoms with Crippen LogP contribution in [0.3, 0.4) is 0 Å². The van der Waals surface area contributed by atoms with E-state index in [-0.39, 0.29) is 6.04 Å². The smallest absolute Gasteiger partial charge is 0.0615 e. The lowest BCUT2D eigenvalue weighted by molar-refractivity contribution is 0.127. The summed E-state index contributed by atoms with van der Waals surface area (Å²) >= 11 is 0. The Morgan fingerprint density at radius 3 is 2.78 bits per heavy atom. The van der Waals surface area contributed by atoms with Crippen LogP contribution in [-0.2, 0) is 4.74 Å². The molecule has 0 aromatic heterocycles. The first kappa shape index (κ1) is 8.88. The van der Waals surface area contributed by atoms with Gasteiger partial charge in [0.15, 0.2) is 0 Å². The van der Waals surface area contributed by atoms with Gasteiger partial charge in [-0.05, 0) is 14.0 Å². The Balaban J connectivity index is 2.75. The van der Waals surface area contributed by atoms with Crippen LogP contribution in [0.2, 0.25) is 0 Å². The molecule has 0 radical (unpaired) electrons. The SMILES string of the molecule is CNCCOC[C@H](C)N. The van der Waals surface area contributed by atoms with Crippen molar-refractivity contribution in [2.75, 3.05) is 26.8 Å². The largest absolute Gasteiger partial charge is 0.379 e. The van der Waals surface area contributed by atoms with Gasteiger partial charge in [-0.25, -0.2) is 0 Å². The van der Waals surface area contributed by atoms with Crippen molar-refractivity contribution in [2.45, 2.75) is 13.0 Å². The van der Waals surface area contributed by atoms with E-state index in [1.54, 1.807) is 0 Å². The van der Waals surface area contributed by atoms with E-state index in [9.17, 15) is 0 Å². The van der Waals surface area contributed by atoms with E-state index in [0.29, 0.717) is 6.61 Å². The number of nitrogens with two attached hydrogens (primary N) is 1. The van der Waals surface area contributed by atoms with Gasteiger partial charge in [0.1, 0.15) is 0 Å². The van der Waals surface area contributed by atoms with E-state index >= 15 is 0 Å². The zero-order valence-electron chi connectivity index (χ0n) is 6.18. The highest BCUT2D eigenvalue weighted by Gasteiger charge is 1.91. The highest BCUT2D eigenvalue weighted by molar-refractivity contribution is 4.48. The minimum absolute atomic E-state index is 0.154. The number of rotatable bonds is 5. The molecule has 0 unspecified atom stereocenters. The van der Waals surface area contributed by atoms with Crippen LogP contribution in [0, 0.1) is 0 Å². The molecule has 0 fully saturated rings. The molecule has 3 nitrogen and oxygen atoms in total. The Hall–Kier alpha value is -0.120. The molecule has 0 aliphatic carbocycles. The Labute approximate surface area is 56.6 Å². The fraction of sp³-hybridized carbons (Fsp3) is 1.00. The molecular formula is C6H16N2O. The molecule has 0 heterocycles. The van der Waals surface area contributed by atoms with Crippen LogP contribution in [0.4, 0.5) is 0 Å². The van der Waals surface area contributed by atoms with Gasteiger partial charge in [-0.2, -0.15) is 0 Å². The fourth-order valence-electron chi connectivity index (χ4n) is 0.443. The minimum atomic E-state index is 0.154. The third kappa shape index (κ3) is 7.88. The third-order valence-corrected chi connectivity index (χ3v) is 0.877. The first-order chi connectivity index (χ1) is 4.27. The van der Waals surface area contributed by atoms with E-state index in [0.717, 1.165) is 13.2 Å². The standard InChI is InChI=1S/C6H16N2O/c1-6(7)5-9-4-3-8-2/h6,8H,3-5,7H2,1-2H3/t6-/m0/s1. The van der Waals surface area contributed by atoms with Crippen LogP contribution >= 0.6 is 0 Å². The summed E-state index contributed by atoms with van der Waals surface area (Å²) < 4.78 is 5.15. The maximum Gasteiger partial charge on any atom is 0.0615 e. The molecule has 56 valence electrons. The molecule has 0 spiro atoms. The molecule has 3 heteroatoms. The van der Waals surface area contributed by atoms with Gasteiger partial charge < -0.3 is 15.8 Å². The Morgan fingerprint density at radius 1 is 1.67 bits per heavy atom. The van der Waals surface area contributed by atoms with Crippen molar-refractivity contribution in [3.63, 3.8) is 0 Å². The summed E-state index contributed by atoms with van der Waals surface area (Å²) in [4.78, 5) is 0. The fourth-order valence-corrected chi connectivity index (χ4v) is 0.443. The number of ether oxygens (including phenoxy) is 1. The molecule has 0 aromatic carbocycles. The van der Waals surface area contributed by atoms with Crippen molar-refractivity contribution in [1.82, 2.24) is 5.32 Å². The van der Waals surface area contributed by atoms with Gasteiger partial charge in [0.25, 0.3) is 0 Å². The van der Waals surface area contributed by atoms with Crippen molar-refractivity contribution >= 4 is 0 Å². The molecular weight excluding hydrogens is 116 g/mol. The van der Waals surface area contributed by atoms with Crippen LogP contribution < -0.4 is 11.1 Å². The monoisotopic (exact) mass is 132 g/mol. The highest BCUT2D eigenvalue weighted by Crippen LogP contribution is 1.77. The van der Waals surface area contributed by atoms with Gasteiger partial charge in [-0.3, -0.25) is 0 Å². The van der Waals surface area contributed by atoms with E-state index in [4.69, 9.17) is 10.5 Å². The average molecular weight is 132 g/mol. The number of hydrogen-bond donors (Lipinski definition) is 2. The van der Waals surface area contributed by atoms with Crippen LogP contribution in [0.5, 0.6) is 0 Å². The molecule has 0 bridgehead atoms. The van der Waals surface area contributed by atoms with Gasteiger partial charge in [0, 0.05) is 12.6 Å². The molecule has 3 N–H and O–H groups in total. The van der Waals surface area contributed by atoms with E-state index in [1.165, 1.54) is 0 Å². The first-order valence-electron chi connectivity index (χ1n) is 3.25. The van der Waals surface area contributed by atoms with Crippen molar-refractivity contribution in [3.8, 4) is 0 Å². The minimum Gasteiger partial charge on any atom is -0.379 e. The maximum atomic E-state index is 5.43. The van der Waals surface area contributed by atoms with Crippen molar-refractivity contribution in [1.29, 1.82) is 0 Å². The van der Waals surface area contributed by atoms with Crippen molar-refractivity contribution in [3.05, 3.63) is 0 Å². The predicted octanol–water partition coefficient (Wildman–Crippen LogP) is -0.430. The van der Waals surface area contributed by atoms with Gasteiger partial charge >= 0.3 is 0 Å². The van der Waals surface area contributed by atoms with Gasteiger partial charge in [0.2, 0.25) is 0 Å². The predicted molar refractivity (Wildman–Crippen MR) is 38.4 cm³/mol. The summed E-state index contributed by atoms with van der Waals surface area (Å²) in [6.07, 6.45) is 0.